The van der Waals surface area contributed by atoms with Crippen LogP contribution in [0.25, 0.3) is 0 Å². The SMILES string of the molecule is CCCn1nnnc1COC(=O)c1ccccc1S(=O)CC. The standard InChI is InChI=1S/C14H18N4O3S/c1-3-9-18-13(15-16-17-18)10-21-14(19)11-7-5-6-8-12(11)22(20)4-2/h5-8H,3-4,9-10H2,1-2H3. The number of hydrogen-bond acceptors (Lipinski definition) is 6. The van der Waals surface area contributed by atoms with Crippen molar-refractivity contribution in [2.45, 2.75) is 38.3 Å². The van der Waals surface area contributed by atoms with E-state index in [1.807, 2.05) is 6.92 Å². The van der Waals surface area contributed by atoms with Gasteiger partial charge in [0.25, 0.3) is 0 Å². The van der Waals surface area contributed by atoms with Gasteiger partial charge in [-0.1, -0.05) is 26.0 Å². The maximum Gasteiger partial charge on any atom is 0.339 e. The molecule has 0 saturated heterocycles. The molecular weight excluding hydrogens is 304 g/mol. The highest BCUT2D eigenvalue weighted by atomic mass is 32.2. The summed E-state index contributed by atoms with van der Waals surface area (Å²) in [5.74, 6) is 0.409. The van der Waals surface area contributed by atoms with Crippen LogP contribution in [0.5, 0.6) is 0 Å². The van der Waals surface area contributed by atoms with Gasteiger partial charge in [0.15, 0.2) is 12.4 Å². The number of tetrazole rings is 1. The van der Waals surface area contributed by atoms with Gasteiger partial charge in [-0.2, -0.15) is 0 Å². The van der Waals surface area contributed by atoms with E-state index < -0.39 is 16.8 Å². The minimum Gasteiger partial charge on any atom is -0.454 e. The summed E-state index contributed by atoms with van der Waals surface area (Å²) in [5.41, 5.74) is 0.317. The predicted octanol–water partition coefficient (Wildman–Crippen LogP) is 1.57. The Morgan fingerprint density at radius 3 is 2.82 bits per heavy atom. The summed E-state index contributed by atoms with van der Waals surface area (Å²) in [5, 5.41) is 11.2. The second kappa shape index (κ2) is 7.79. The van der Waals surface area contributed by atoms with Crippen molar-refractivity contribution in [3.8, 4) is 0 Å². The topological polar surface area (TPSA) is 87.0 Å². The fraction of sp³-hybridized carbons (Fsp3) is 0.429. The highest BCUT2D eigenvalue weighted by Crippen LogP contribution is 2.15. The minimum atomic E-state index is -1.22. The predicted molar refractivity (Wildman–Crippen MR) is 80.6 cm³/mol. The van der Waals surface area contributed by atoms with Crippen LogP contribution in [0.3, 0.4) is 0 Å². The molecule has 0 aliphatic carbocycles. The van der Waals surface area contributed by atoms with E-state index in [-0.39, 0.29) is 6.61 Å². The third kappa shape index (κ3) is 3.76. The van der Waals surface area contributed by atoms with Crippen molar-refractivity contribution in [2.75, 3.05) is 5.75 Å². The van der Waals surface area contributed by atoms with Crippen molar-refractivity contribution in [1.29, 1.82) is 0 Å². The van der Waals surface area contributed by atoms with Crippen LogP contribution in [-0.4, -0.2) is 36.1 Å². The zero-order valence-corrected chi connectivity index (χ0v) is 13.4. The van der Waals surface area contributed by atoms with E-state index in [4.69, 9.17) is 4.74 Å². The number of benzene rings is 1. The Bertz CT molecular complexity index is 672. The molecule has 2 aromatic rings. The number of carbonyl (C=O) groups is 1. The molecule has 7 nitrogen and oxygen atoms in total. The molecule has 118 valence electrons. The van der Waals surface area contributed by atoms with Crippen LogP contribution in [0.15, 0.2) is 29.2 Å². The normalized spacial score (nSPS) is 12.1. The molecule has 1 unspecified atom stereocenters. The van der Waals surface area contributed by atoms with Gasteiger partial charge >= 0.3 is 5.97 Å². The number of nitrogens with zero attached hydrogens (tertiary/aromatic N) is 4. The van der Waals surface area contributed by atoms with Crippen LogP contribution in [0.1, 0.15) is 36.5 Å². The lowest BCUT2D eigenvalue weighted by Crippen LogP contribution is -2.13. The molecule has 22 heavy (non-hydrogen) atoms. The smallest absolute Gasteiger partial charge is 0.339 e. The van der Waals surface area contributed by atoms with Crippen LogP contribution >= 0.6 is 0 Å². The molecule has 8 heteroatoms. The zero-order valence-electron chi connectivity index (χ0n) is 12.6. The maximum absolute atomic E-state index is 12.2. The molecule has 1 atom stereocenters. The third-order valence-electron chi connectivity index (χ3n) is 2.99. The van der Waals surface area contributed by atoms with Gasteiger partial charge < -0.3 is 4.74 Å². The van der Waals surface area contributed by atoms with Crippen molar-refractivity contribution in [1.82, 2.24) is 20.2 Å². The van der Waals surface area contributed by atoms with E-state index in [0.717, 1.165) is 6.42 Å². The van der Waals surface area contributed by atoms with Gasteiger partial charge in [-0.25, -0.2) is 9.48 Å². The molecule has 2 rings (SSSR count). The number of rotatable bonds is 7. The van der Waals surface area contributed by atoms with E-state index in [9.17, 15) is 9.00 Å². The summed E-state index contributed by atoms with van der Waals surface area (Å²) in [4.78, 5) is 12.7. The van der Waals surface area contributed by atoms with Crippen LogP contribution < -0.4 is 0 Å². The molecule has 0 fully saturated rings. The quantitative estimate of drug-likeness (QED) is 0.719. The molecule has 0 spiro atoms. The first-order valence-corrected chi connectivity index (χ1v) is 8.38. The first-order valence-electron chi connectivity index (χ1n) is 7.06. The Labute approximate surface area is 131 Å². The highest BCUT2D eigenvalue weighted by Gasteiger charge is 2.17. The van der Waals surface area contributed by atoms with Crippen molar-refractivity contribution < 1.29 is 13.7 Å². The van der Waals surface area contributed by atoms with Crippen LogP contribution in [0, 0.1) is 0 Å². The van der Waals surface area contributed by atoms with Crippen molar-refractivity contribution >= 4 is 16.8 Å². The summed E-state index contributed by atoms with van der Waals surface area (Å²) < 4.78 is 18.8. The summed E-state index contributed by atoms with van der Waals surface area (Å²) >= 11 is 0. The fourth-order valence-corrected chi connectivity index (χ4v) is 2.85. The van der Waals surface area contributed by atoms with Gasteiger partial charge in [-0.05, 0) is 29.0 Å². The summed E-state index contributed by atoms with van der Waals surface area (Å²) in [6.07, 6.45) is 0.879. The summed E-state index contributed by atoms with van der Waals surface area (Å²) in [7, 11) is -1.22. The summed E-state index contributed by atoms with van der Waals surface area (Å²) in [6, 6.07) is 6.76. The molecule has 0 aliphatic heterocycles. The molecule has 0 amide bonds. The van der Waals surface area contributed by atoms with Gasteiger partial charge in [0.2, 0.25) is 0 Å². The van der Waals surface area contributed by atoms with Gasteiger partial charge in [0.1, 0.15) is 0 Å². The second-order valence-electron chi connectivity index (χ2n) is 4.52. The van der Waals surface area contributed by atoms with Crippen molar-refractivity contribution in [3.05, 3.63) is 35.7 Å². The Kier molecular flexibility index (Phi) is 5.76. The Balaban J connectivity index is 2.10. The molecule has 0 saturated carbocycles. The van der Waals surface area contributed by atoms with Gasteiger partial charge in [0, 0.05) is 12.3 Å². The lowest BCUT2D eigenvalue weighted by Gasteiger charge is -2.08. The number of hydrogen-bond donors (Lipinski definition) is 0. The lowest BCUT2D eigenvalue weighted by atomic mass is 10.2. The van der Waals surface area contributed by atoms with Crippen molar-refractivity contribution in [3.63, 3.8) is 0 Å². The molecule has 0 radical (unpaired) electrons. The Morgan fingerprint density at radius 1 is 1.32 bits per heavy atom. The van der Waals surface area contributed by atoms with Crippen LogP contribution in [-0.2, 0) is 28.7 Å². The monoisotopic (exact) mass is 322 g/mol. The first-order chi connectivity index (χ1) is 10.7. The van der Waals surface area contributed by atoms with Gasteiger partial charge in [-0.15, -0.1) is 5.10 Å². The van der Waals surface area contributed by atoms with Gasteiger partial charge in [0.05, 0.1) is 21.3 Å². The zero-order chi connectivity index (χ0) is 15.9. The van der Waals surface area contributed by atoms with Gasteiger partial charge in [-0.3, -0.25) is 4.21 Å². The molecule has 1 aromatic heterocycles. The Morgan fingerprint density at radius 2 is 2.09 bits per heavy atom. The number of esters is 1. The van der Waals surface area contributed by atoms with E-state index in [1.165, 1.54) is 0 Å². The average Bonchev–Trinajstić information content (AvgIpc) is 2.99. The third-order valence-corrected chi connectivity index (χ3v) is 4.36. The number of ether oxygens (including phenoxy) is 1. The van der Waals surface area contributed by atoms with E-state index in [2.05, 4.69) is 15.5 Å². The number of aromatic nitrogens is 4. The highest BCUT2D eigenvalue weighted by molar-refractivity contribution is 7.85. The lowest BCUT2D eigenvalue weighted by molar-refractivity contribution is 0.0452. The number of aryl methyl sites for hydroxylation is 1. The van der Waals surface area contributed by atoms with Crippen molar-refractivity contribution in [2.24, 2.45) is 0 Å². The van der Waals surface area contributed by atoms with E-state index >= 15 is 0 Å². The van der Waals surface area contributed by atoms with Crippen LogP contribution in [0.2, 0.25) is 0 Å². The minimum absolute atomic E-state index is 0.0150. The number of carbonyl (C=O) groups excluding carboxylic acids is 1. The van der Waals surface area contributed by atoms with E-state index in [1.54, 1.807) is 35.9 Å². The molecule has 0 bridgehead atoms. The molecule has 0 aliphatic rings. The molecule has 1 heterocycles. The Hall–Kier alpha value is -2.09. The maximum atomic E-state index is 12.2. The fourth-order valence-electron chi connectivity index (χ4n) is 1.91. The molecule has 1 aromatic carbocycles. The molecule has 0 N–H and O–H groups in total. The van der Waals surface area contributed by atoms with E-state index in [0.29, 0.717) is 28.6 Å². The molecular formula is C14H18N4O3S. The van der Waals surface area contributed by atoms with Crippen LogP contribution in [0.4, 0.5) is 0 Å². The first kappa shape index (κ1) is 16.3. The second-order valence-corrected chi connectivity index (χ2v) is 6.23. The average molecular weight is 322 g/mol. The largest absolute Gasteiger partial charge is 0.454 e. The summed E-state index contributed by atoms with van der Waals surface area (Å²) in [6.45, 7) is 4.46.